The molecule has 6 heteroatoms. The number of rotatable bonds is 4. The maximum Gasteiger partial charge on any atom is 0.341 e. The van der Waals surface area contributed by atoms with Crippen LogP contribution in [0.25, 0.3) is 16.6 Å². The van der Waals surface area contributed by atoms with E-state index in [1.807, 2.05) is 25.1 Å². The molecular formula is C21H19N3O3. The van der Waals surface area contributed by atoms with Gasteiger partial charge in [-0.15, -0.1) is 0 Å². The third-order valence-electron chi connectivity index (χ3n) is 5.21. The first kappa shape index (κ1) is 17.0. The van der Waals surface area contributed by atoms with E-state index >= 15 is 0 Å². The van der Waals surface area contributed by atoms with Gasteiger partial charge in [0.2, 0.25) is 0 Å². The first-order valence-corrected chi connectivity index (χ1v) is 8.75. The van der Waals surface area contributed by atoms with Crippen molar-refractivity contribution in [2.45, 2.75) is 25.7 Å². The second-order valence-electron chi connectivity index (χ2n) is 6.96. The number of aromatic carboxylic acids is 1. The van der Waals surface area contributed by atoms with Gasteiger partial charge in [0, 0.05) is 23.7 Å². The third-order valence-corrected chi connectivity index (χ3v) is 5.21. The molecule has 1 aliphatic carbocycles. The molecule has 0 bridgehead atoms. The van der Waals surface area contributed by atoms with Crippen molar-refractivity contribution >= 4 is 23.4 Å². The molecule has 0 radical (unpaired) electrons. The molecule has 1 saturated carbocycles. The number of nitrogen functional groups attached to an aromatic ring is 1. The zero-order chi connectivity index (χ0) is 19.3. The fraction of sp³-hybridized carbons (Fsp3) is 0.190. The molecule has 0 atom stereocenters. The SMILES string of the molecule is Cc1c(-c2ccc(C=N)c(N)c2)ccn2c(=O)c(C(=O)O)cc(C3CC3)c12. The van der Waals surface area contributed by atoms with Crippen molar-refractivity contribution in [2.75, 3.05) is 5.73 Å². The highest BCUT2D eigenvalue weighted by Crippen LogP contribution is 2.43. The molecule has 0 aliphatic heterocycles. The number of nitrogens with zero attached hydrogens (tertiary/aromatic N) is 1. The minimum Gasteiger partial charge on any atom is -0.477 e. The highest BCUT2D eigenvalue weighted by atomic mass is 16.4. The summed E-state index contributed by atoms with van der Waals surface area (Å²) in [5, 5.41) is 16.8. The van der Waals surface area contributed by atoms with Gasteiger partial charge in [-0.05, 0) is 66.1 Å². The van der Waals surface area contributed by atoms with Crippen molar-refractivity contribution in [1.29, 1.82) is 5.41 Å². The van der Waals surface area contributed by atoms with Crippen LogP contribution < -0.4 is 11.3 Å². The Balaban J connectivity index is 2.02. The van der Waals surface area contributed by atoms with Gasteiger partial charge < -0.3 is 16.2 Å². The topological polar surface area (TPSA) is 109 Å². The zero-order valence-corrected chi connectivity index (χ0v) is 14.8. The molecule has 2 heterocycles. The lowest BCUT2D eigenvalue weighted by atomic mass is 9.95. The average Bonchev–Trinajstić information content (AvgIpc) is 3.47. The number of pyridine rings is 2. The second kappa shape index (κ2) is 6.09. The molecule has 1 aromatic carbocycles. The Bertz CT molecular complexity index is 1170. The molecule has 136 valence electrons. The summed E-state index contributed by atoms with van der Waals surface area (Å²) in [4.78, 5) is 24.1. The molecule has 3 aromatic rings. The quantitative estimate of drug-likeness (QED) is 0.488. The van der Waals surface area contributed by atoms with E-state index in [9.17, 15) is 14.7 Å². The number of aryl methyl sites for hydroxylation is 1. The molecule has 6 nitrogen and oxygen atoms in total. The van der Waals surface area contributed by atoms with E-state index < -0.39 is 11.5 Å². The van der Waals surface area contributed by atoms with Crippen LogP contribution in [0.3, 0.4) is 0 Å². The first-order valence-electron chi connectivity index (χ1n) is 8.75. The summed E-state index contributed by atoms with van der Waals surface area (Å²) in [7, 11) is 0. The van der Waals surface area contributed by atoms with E-state index in [0.717, 1.165) is 40.6 Å². The van der Waals surface area contributed by atoms with Gasteiger partial charge in [0.25, 0.3) is 5.56 Å². The van der Waals surface area contributed by atoms with E-state index in [1.54, 1.807) is 18.3 Å². The maximum atomic E-state index is 12.6. The smallest absolute Gasteiger partial charge is 0.341 e. The summed E-state index contributed by atoms with van der Waals surface area (Å²) in [5.41, 5.74) is 10.9. The molecule has 1 aliphatic rings. The van der Waals surface area contributed by atoms with Crippen molar-refractivity contribution in [3.63, 3.8) is 0 Å². The predicted molar refractivity (Wildman–Crippen MR) is 105 cm³/mol. The zero-order valence-electron chi connectivity index (χ0n) is 14.8. The van der Waals surface area contributed by atoms with Gasteiger partial charge in [-0.2, -0.15) is 0 Å². The third kappa shape index (κ3) is 2.70. The van der Waals surface area contributed by atoms with Crippen molar-refractivity contribution < 1.29 is 9.90 Å². The second-order valence-corrected chi connectivity index (χ2v) is 6.96. The Labute approximate surface area is 155 Å². The minimum atomic E-state index is -1.20. The van der Waals surface area contributed by atoms with E-state index in [0.29, 0.717) is 11.3 Å². The number of carboxylic acid groups (broad SMARTS) is 1. The van der Waals surface area contributed by atoms with E-state index in [4.69, 9.17) is 11.1 Å². The van der Waals surface area contributed by atoms with Gasteiger partial charge in [-0.25, -0.2) is 4.79 Å². The lowest BCUT2D eigenvalue weighted by Gasteiger charge is -2.16. The fourth-order valence-corrected chi connectivity index (χ4v) is 3.64. The molecule has 0 saturated heterocycles. The molecule has 4 N–H and O–H groups in total. The van der Waals surface area contributed by atoms with Gasteiger partial charge in [-0.1, -0.05) is 12.1 Å². The van der Waals surface area contributed by atoms with Crippen molar-refractivity contribution in [3.05, 3.63) is 69.1 Å². The number of hydrogen-bond acceptors (Lipinski definition) is 4. The average molecular weight is 361 g/mol. The number of nitrogens with two attached hydrogens (primary N) is 1. The number of carboxylic acids is 1. The van der Waals surface area contributed by atoms with Crippen molar-refractivity contribution in [1.82, 2.24) is 4.40 Å². The summed E-state index contributed by atoms with van der Waals surface area (Å²) in [6.07, 6.45) is 4.85. The number of hydrogen-bond donors (Lipinski definition) is 3. The van der Waals surface area contributed by atoms with Gasteiger partial charge in [0.1, 0.15) is 5.56 Å². The Morgan fingerprint density at radius 2 is 2.04 bits per heavy atom. The van der Waals surface area contributed by atoms with Crippen LogP contribution in [0, 0.1) is 12.3 Å². The van der Waals surface area contributed by atoms with Crippen LogP contribution in [0.2, 0.25) is 0 Å². The van der Waals surface area contributed by atoms with Gasteiger partial charge in [-0.3, -0.25) is 9.20 Å². The summed E-state index contributed by atoms with van der Waals surface area (Å²) >= 11 is 0. The molecule has 0 unspecified atom stereocenters. The lowest BCUT2D eigenvalue weighted by molar-refractivity contribution is 0.0694. The number of nitrogens with one attached hydrogen (secondary N) is 1. The molecule has 0 spiro atoms. The summed E-state index contributed by atoms with van der Waals surface area (Å²) in [5.74, 6) is -0.911. The van der Waals surface area contributed by atoms with Crippen LogP contribution in [-0.4, -0.2) is 21.7 Å². The van der Waals surface area contributed by atoms with E-state index in [1.165, 1.54) is 10.6 Å². The van der Waals surface area contributed by atoms with Gasteiger partial charge in [0.15, 0.2) is 0 Å². The van der Waals surface area contributed by atoms with E-state index in [2.05, 4.69) is 0 Å². The highest BCUT2D eigenvalue weighted by molar-refractivity contribution is 5.90. The van der Waals surface area contributed by atoms with Gasteiger partial charge in [0.05, 0.1) is 5.52 Å². The summed E-state index contributed by atoms with van der Waals surface area (Å²) < 4.78 is 1.45. The standard InChI is InChI=1S/C21H19N3O3/c1-11-15(13-4-5-14(10-22)18(23)8-13)6-7-24-19(11)16(12-2-3-12)9-17(20(24)25)21(26)27/h4-10,12,22H,2-3,23H2,1H3,(H,26,27). The van der Waals surface area contributed by atoms with Gasteiger partial charge >= 0.3 is 5.97 Å². The summed E-state index contributed by atoms with van der Waals surface area (Å²) in [6.45, 7) is 1.94. The Kier molecular flexibility index (Phi) is 3.84. The number of aromatic nitrogens is 1. The fourth-order valence-electron chi connectivity index (χ4n) is 3.64. The minimum absolute atomic E-state index is 0.193. The largest absolute Gasteiger partial charge is 0.477 e. The number of anilines is 1. The lowest BCUT2D eigenvalue weighted by Crippen LogP contribution is -2.23. The first-order chi connectivity index (χ1) is 12.9. The molecule has 0 amide bonds. The van der Waals surface area contributed by atoms with Crippen LogP contribution in [0.5, 0.6) is 0 Å². The van der Waals surface area contributed by atoms with Crippen LogP contribution in [-0.2, 0) is 0 Å². The maximum absolute atomic E-state index is 12.6. The molecule has 1 fully saturated rings. The van der Waals surface area contributed by atoms with Crippen LogP contribution in [0.15, 0.2) is 41.3 Å². The highest BCUT2D eigenvalue weighted by Gasteiger charge is 2.29. The molecule has 4 rings (SSSR count). The van der Waals surface area contributed by atoms with Crippen LogP contribution >= 0.6 is 0 Å². The van der Waals surface area contributed by atoms with Crippen molar-refractivity contribution in [2.24, 2.45) is 0 Å². The van der Waals surface area contributed by atoms with Crippen LogP contribution in [0.4, 0.5) is 5.69 Å². The Morgan fingerprint density at radius 3 is 2.63 bits per heavy atom. The number of benzene rings is 1. The molecular weight excluding hydrogens is 342 g/mol. The van der Waals surface area contributed by atoms with Crippen molar-refractivity contribution in [3.8, 4) is 11.1 Å². The predicted octanol–water partition coefficient (Wildman–Crippen LogP) is 3.43. The van der Waals surface area contributed by atoms with E-state index in [-0.39, 0.29) is 11.5 Å². The molecule has 27 heavy (non-hydrogen) atoms. The van der Waals surface area contributed by atoms with Crippen LogP contribution in [0.1, 0.15) is 45.8 Å². The number of fused-ring (bicyclic) bond motifs is 1. The number of carbonyl (C=O) groups is 1. The Hall–Kier alpha value is -3.41. The summed E-state index contributed by atoms with van der Waals surface area (Å²) in [6, 6.07) is 8.87. The molecule has 2 aromatic heterocycles. The monoisotopic (exact) mass is 361 g/mol. The normalized spacial score (nSPS) is 13.7. The Morgan fingerprint density at radius 1 is 1.30 bits per heavy atom.